The molecule has 2 aromatic heterocycles. The Kier molecular flexibility index (Phi) is 8.22. The summed E-state index contributed by atoms with van der Waals surface area (Å²) >= 11 is 0. The Hall–Kier alpha value is -8.90. The highest BCUT2D eigenvalue weighted by Gasteiger charge is 2.30. The zero-order chi connectivity index (χ0) is 42.0. The molecule has 5 heteroatoms. The fourth-order valence-corrected chi connectivity index (χ4v) is 9.51. The lowest BCUT2D eigenvalue weighted by molar-refractivity contribution is 0.670. The van der Waals surface area contributed by atoms with E-state index in [1.165, 1.54) is 0 Å². The molecule has 292 valence electrons. The molecule has 0 aliphatic carbocycles. The largest absolute Gasteiger partial charge is 0.455 e. The van der Waals surface area contributed by atoms with Crippen LogP contribution >= 0.6 is 0 Å². The Bertz CT molecular complexity index is 3840. The molecule has 0 fully saturated rings. The Labute approximate surface area is 362 Å². The molecular weight excluding hydrogens is 771 g/mol. The predicted octanol–water partition coefficient (Wildman–Crippen LogP) is 16.0. The molecular formula is C58H33N3O2. The zero-order valence-electron chi connectivity index (χ0n) is 33.7. The maximum atomic E-state index is 11.9. The minimum Gasteiger partial charge on any atom is -0.455 e. The van der Waals surface area contributed by atoms with E-state index in [4.69, 9.17) is 8.83 Å². The Balaban J connectivity index is 1.36. The Morgan fingerprint density at radius 3 is 1.62 bits per heavy atom. The number of anilines is 3. The van der Waals surface area contributed by atoms with Crippen LogP contribution in [0.4, 0.5) is 17.1 Å². The highest BCUT2D eigenvalue weighted by Crippen LogP contribution is 2.54. The van der Waals surface area contributed by atoms with Gasteiger partial charge in [0.15, 0.2) is 0 Å². The molecule has 0 saturated carbocycles. The highest BCUT2D eigenvalue weighted by molar-refractivity contribution is 6.38. The summed E-state index contributed by atoms with van der Waals surface area (Å²) in [6.45, 7) is 0. The van der Waals surface area contributed by atoms with Crippen molar-refractivity contribution in [2.24, 2.45) is 0 Å². The van der Waals surface area contributed by atoms with Gasteiger partial charge >= 0.3 is 0 Å². The Morgan fingerprint density at radius 1 is 0.365 bits per heavy atom. The van der Waals surface area contributed by atoms with E-state index >= 15 is 0 Å². The van der Waals surface area contributed by atoms with Crippen LogP contribution in [0.1, 0.15) is 11.1 Å². The maximum absolute atomic E-state index is 11.9. The number of rotatable bonds is 6. The van der Waals surface area contributed by atoms with Crippen molar-refractivity contribution in [2.75, 3.05) is 4.90 Å². The van der Waals surface area contributed by atoms with Gasteiger partial charge in [-0.3, -0.25) is 0 Å². The number of para-hydroxylation sites is 2. The van der Waals surface area contributed by atoms with Crippen molar-refractivity contribution < 1.29 is 8.83 Å². The summed E-state index contributed by atoms with van der Waals surface area (Å²) in [5, 5.41) is 29.0. The average molecular weight is 804 g/mol. The van der Waals surface area contributed by atoms with Gasteiger partial charge in [-0.1, -0.05) is 140 Å². The van der Waals surface area contributed by atoms with Gasteiger partial charge in [-0.15, -0.1) is 0 Å². The summed E-state index contributed by atoms with van der Waals surface area (Å²) in [6.07, 6.45) is 0. The summed E-state index contributed by atoms with van der Waals surface area (Å²) < 4.78 is 13.9. The van der Waals surface area contributed by atoms with E-state index in [2.05, 4.69) is 120 Å². The normalized spacial score (nSPS) is 11.5. The molecule has 12 aromatic rings. The molecule has 0 spiro atoms. The minimum atomic E-state index is 0.504. The molecule has 0 aliphatic rings. The first kappa shape index (κ1) is 36.0. The molecule has 0 radical (unpaired) electrons. The van der Waals surface area contributed by atoms with Crippen molar-refractivity contribution in [2.45, 2.75) is 0 Å². The van der Waals surface area contributed by atoms with E-state index in [-0.39, 0.29) is 0 Å². The summed E-state index contributed by atoms with van der Waals surface area (Å²) in [5.41, 5.74) is 12.2. The fourth-order valence-electron chi connectivity index (χ4n) is 9.51. The monoisotopic (exact) mass is 803 g/mol. The first-order valence-corrected chi connectivity index (χ1v) is 20.9. The average Bonchev–Trinajstić information content (AvgIpc) is 3.93. The van der Waals surface area contributed by atoms with Crippen molar-refractivity contribution in [1.82, 2.24) is 0 Å². The summed E-state index contributed by atoms with van der Waals surface area (Å²) in [6, 6.07) is 73.0. The molecule has 0 atom stereocenters. The second-order valence-electron chi connectivity index (χ2n) is 15.8. The van der Waals surface area contributed by atoms with Gasteiger partial charge < -0.3 is 13.7 Å². The van der Waals surface area contributed by atoms with E-state index in [0.717, 1.165) is 99.1 Å². The third-order valence-corrected chi connectivity index (χ3v) is 12.3. The molecule has 0 aliphatic heterocycles. The van der Waals surface area contributed by atoms with Crippen LogP contribution in [0, 0.1) is 22.7 Å². The maximum Gasteiger partial charge on any atom is 0.143 e. The quantitative estimate of drug-likeness (QED) is 0.156. The third-order valence-electron chi connectivity index (χ3n) is 12.3. The van der Waals surface area contributed by atoms with E-state index in [1.54, 1.807) is 0 Å². The predicted molar refractivity (Wildman–Crippen MR) is 256 cm³/mol. The van der Waals surface area contributed by atoms with Crippen molar-refractivity contribution in [3.63, 3.8) is 0 Å². The van der Waals surface area contributed by atoms with Crippen LogP contribution in [0.3, 0.4) is 0 Å². The first-order valence-electron chi connectivity index (χ1n) is 20.9. The van der Waals surface area contributed by atoms with E-state index in [1.807, 2.05) is 97.1 Å². The van der Waals surface area contributed by atoms with Gasteiger partial charge in [0.25, 0.3) is 0 Å². The summed E-state index contributed by atoms with van der Waals surface area (Å²) in [7, 11) is 0. The summed E-state index contributed by atoms with van der Waals surface area (Å²) in [4.78, 5) is 2.23. The number of benzene rings is 10. The molecule has 0 saturated heterocycles. The van der Waals surface area contributed by atoms with E-state index in [9.17, 15) is 10.5 Å². The molecule has 2 heterocycles. The molecule has 12 rings (SSSR count). The first-order chi connectivity index (χ1) is 31.2. The highest BCUT2D eigenvalue weighted by atomic mass is 16.3. The molecule has 0 amide bonds. The zero-order valence-corrected chi connectivity index (χ0v) is 33.7. The van der Waals surface area contributed by atoms with Gasteiger partial charge in [-0.25, -0.2) is 0 Å². The van der Waals surface area contributed by atoms with E-state index < -0.39 is 0 Å². The number of hydrogen-bond donors (Lipinski definition) is 0. The van der Waals surface area contributed by atoms with Gasteiger partial charge in [-0.05, 0) is 88.5 Å². The van der Waals surface area contributed by atoms with Crippen LogP contribution < -0.4 is 4.90 Å². The second-order valence-corrected chi connectivity index (χ2v) is 15.8. The third kappa shape index (κ3) is 5.62. The molecule has 0 unspecified atom stereocenters. The number of nitrogens with zero attached hydrogens (tertiary/aromatic N) is 3. The van der Waals surface area contributed by atoms with Gasteiger partial charge in [0.2, 0.25) is 0 Å². The number of nitriles is 2. The van der Waals surface area contributed by atoms with Crippen molar-refractivity contribution in [3.05, 3.63) is 211 Å². The smallest absolute Gasteiger partial charge is 0.143 e. The minimum absolute atomic E-state index is 0.504. The molecule has 10 aromatic carbocycles. The van der Waals surface area contributed by atoms with Crippen molar-refractivity contribution in [3.8, 4) is 45.5 Å². The van der Waals surface area contributed by atoms with Crippen LogP contribution in [-0.4, -0.2) is 0 Å². The summed E-state index contributed by atoms with van der Waals surface area (Å²) in [5.74, 6) is 0. The van der Waals surface area contributed by atoms with Crippen LogP contribution in [-0.2, 0) is 0 Å². The van der Waals surface area contributed by atoms with Crippen LogP contribution in [0.2, 0.25) is 0 Å². The number of fused-ring (bicyclic) bond motifs is 11. The van der Waals surface area contributed by atoms with Crippen molar-refractivity contribution >= 4 is 82.5 Å². The molecule has 5 nitrogen and oxygen atoms in total. The lowest BCUT2D eigenvalue weighted by Crippen LogP contribution is -2.13. The number of hydrogen-bond acceptors (Lipinski definition) is 5. The van der Waals surface area contributed by atoms with Crippen LogP contribution in [0.5, 0.6) is 0 Å². The second kappa shape index (κ2) is 14.4. The lowest BCUT2D eigenvalue weighted by Gasteiger charge is -2.30. The van der Waals surface area contributed by atoms with Gasteiger partial charge in [0.05, 0.1) is 22.9 Å². The van der Waals surface area contributed by atoms with Gasteiger partial charge in [-0.2, -0.15) is 10.5 Å². The standard InChI is InChI=1S/C58H33N3O2/c59-34-36-25-30-44-51(31-36)63-57-46(40-19-9-3-10-20-40)33-48-53(54(44)57)55-52(45(39-17-7-2-8-18-39)32-47-43-23-13-14-24-50(43)62-58(47)55)49(35-60)56(48)61(41-21-11-4-12-22-41)42-28-26-38(27-29-42)37-15-5-1-6-16-37/h1-33H. The fraction of sp³-hybridized carbons (Fsp3) is 0. The topological polar surface area (TPSA) is 77.1 Å². The molecule has 0 N–H and O–H groups in total. The van der Waals surface area contributed by atoms with Crippen LogP contribution in [0.15, 0.2) is 209 Å². The van der Waals surface area contributed by atoms with Gasteiger partial charge in [0, 0.05) is 60.0 Å². The van der Waals surface area contributed by atoms with Crippen LogP contribution in [0.25, 0.3) is 98.8 Å². The molecule has 0 bridgehead atoms. The van der Waals surface area contributed by atoms with Gasteiger partial charge in [0.1, 0.15) is 28.4 Å². The Morgan fingerprint density at radius 2 is 0.937 bits per heavy atom. The lowest BCUT2D eigenvalue weighted by atomic mass is 9.85. The molecule has 63 heavy (non-hydrogen) atoms. The van der Waals surface area contributed by atoms with E-state index in [0.29, 0.717) is 27.9 Å². The number of furan rings is 2. The van der Waals surface area contributed by atoms with Crippen molar-refractivity contribution in [1.29, 1.82) is 10.5 Å². The SMILES string of the molecule is N#Cc1ccc2c(c1)oc1c(-c3ccccc3)cc3c(N(c4ccccc4)c4ccc(-c5ccccc5)cc4)c(C#N)c4c(-c5ccccc5)cc5c6ccccc6oc5c4c3c12.